The second-order valence-corrected chi connectivity index (χ2v) is 17.0. The van der Waals surface area contributed by atoms with Crippen molar-refractivity contribution in [2.75, 3.05) is 16.8 Å². The van der Waals surface area contributed by atoms with Gasteiger partial charge in [0, 0.05) is 42.5 Å². The van der Waals surface area contributed by atoms with Crippen LogP contribution in [0.15, 0.2) is 67.0 Å². The van der Waals surface area contributed by atoms with E-state index in [1.807, 2.05) is 54.7 Å². The summed E-state index contributed by atoms with van der Waals surface area (Å²) in [5.41, 5.74) is 5.95. The smallest absolute Gasteiger partial charge is 0.355 e. The van der Waals surface area contributed by atoms with E-state index < -0.39 is 5.97 Å². The van der Waals surface area contributed by atoms with Gasteiger partial charge in [-0.3, -0.25) is 14.8 Å². The van der Waals surface area contributed by atoms with Gasteiger partial charge in [0.25, 0.3) is 5.91 Å². The van der Waals surface area contributed by atoms with Crippen molar-refractivity contribution in [3.63, 3.8) is 0 Å². The van der Waals surface area contributed by atoms with Crippen LogP contribution in [0.1, 0.15) is 84.3 Å². The van der Waals surface area contributed by atoms with Crippen molar-refractivity contribution in [2.45, 2.75) is 71.9 Å². The third-order valence-corrected chi connectivity index (χ3v) is 12.6. The Morgan fingerprint density at radius 2 is 1.80 bits per heavy atom. The molecule has 0 saturated heterocycles. The number of rotatable bonds is 7. The van der Waals surface area contributed by atoms with Crippen LogP contribution in [0.3, 0.4) is 0 Å². The number of aromatic nitrogens is 4. The van der Waals surface area contributed by atoms with E-state index in [1.54, 1.807) is 6.20 Å². The molecule has 4 fully saturated rings. The number of anilines is 2. The fraction of sp³-hybridized carbons (Fsp3) is 0.410. The monoisotopic (exact) mass is 672 g/mol. The van der Waals surface area contributed by atoms with Crippen molar-refractivity contribution in [3.8, 4) is 11.1 Å². The van der Waals surface area contributed by atoms with E-state index in [2.05, 4.69) is 39.8 Å². The fourth-order valence-electron chi connectivity index (χ4n) is 10.9. The average molecular weight is 673 g/mol. The first kappa shape index (κ1) is 30.5. The van der Waals surface area contributed by atoms with Gasteiger partial charge in [-0.2, -0.15) is 5.10 Å². The summed E-state index contributed by atoms with van der Waals surface area (Å²) in [6.07, 6.45) is 12.4. The molecule has 2 atom stereocenters. The van der Waals surface area contributed by atoms with Gasteiger partial charge < -0.3 is 10.0 Å². The summed E-state index contributed by atoms with van der Waals surface area (Å²) in [5.74, 6) is 0.110. The van der Waals surface area contributed by atoms with E-state index in [0.717, 1.165) is 45.8 Å². The summed E-state index contributed by atoms with van der Waals surface area (Å²) in [7, 11) is 0. The highest BCUT2D eigenvalue weighted by Crippen LogP contribution is 2.69. The van der Waals surface area contributed by atoms with Crippen molar-refractivity contribution >= 4 is 44.4 Å². The number of amides is 1. The standard InChI is InChI=1S/C39H40N6O3S/c1-37-14-24-15-38(2,20-37)22-39(16-24,21-37)23-45-18-26(17-40-45)27-10-11-32(42-33(27)35(47)48)44-13-12-25-6-5-7-28(29(25)19-44)34(46)43-36-41-30-8-3-4-9-31(30)49-36/h3-11,17-18,24H,12-16,19-23H2,1-2H3,(H,47,48)(H,41,43,46). The third-order valence-electron chi connectivity index (χ3n) is 11.6. The van der Waals surface area contributed by atoms with Crippen LogP contribution >= 0.6 is 11.3 Å². The minimum absolute atomic E-state index is 0.0135. The van der Waals surface area contributed by atoms with Crippen LogP contribution in [-0.4, -0.2) is 43.3 Å². The van der Waals surface area contributed by atoms with Gasteiger partial charge in [0.15, 0.2) is 10.8 Å². The van der Waals surface area contributed by atoms with Gasteiger partial charge in [0.2, 0.25) is 0 Å². The van der Waals surface area contributed by atoms with Crippen molar-refractivity contribution in [2.24, 2.45) is 22.2 Å². The summed E-state index contributed by atoms with van der Waals surface area (Å²) in [6.45, 7) is 6.98. The van der Waals surface area contributed by atoms with Crippen LogP contribution in [0.5, 0.6) is 0 Å². The maximum atomic E-state index is 13.5. The zero-order valence-corrected chi connectivity index (χ0v) is 28.7. The molecule has 9 nitrogen and oxygen atoms in total. The van der Waals surface area contributed by atoms with E-state index in [9.17, 15) is 14.7 Å². The first-order valence-corrected chi connectivity index (χ1v) is 18.2. The lowest BCUT2D eigenvalue weighted by Crippen LogP contribution is -2.56. The minimum atomic E-state index is -1.07. The predicted molar refractivity (Wildman–Crippen MR) is 191 cm³/mol. The number of carbonyl (C=O) groups is 2. The average Bonchev–Trinajstić information content (AvgIpc) is 3.68. The van der Waals surface area contributed by atoms with Gasteiger partial charge in [-0.1, -0.05) is 49.4 Å². The summed E-state index contributed by atoms with van der Waals surface area (Å²) >= 11 is 1.45. The van der Waals surface area contributed by atoms with Crippen molar-refractivity contribution in [1.29, 1.82) is 0 Å². The number of hydrogen-bond donors (Lipinski definition) is 2. The summed E-state index contributed by atoms with van der Waals surface area (Å²) in [4.78, 5) is 37.5. The third kappa shape index (κ3) is 5.41. The first-order valence-electron chi connectivity index (χ1n) is 17.4. The van der Waals surface area contributed by atoms with Crippen LogP contribution in [0.2, 0.25) is 0 Å². The number of pyridine rings is 1. The molecule has 2 aromatic carbocycles. The van der Waals surface area contributed by atoms with E-state index in [1.165, 1.54) is 49.9 Å². The lowest BCUT2D eigenvalue weighted by atomic mass is 9.40. The maximum Gasteiger partial charge on any atom is 0.355 e. The van der Waals surface area contributed by atoms with Gasteiger partial charge in [-0.25, -0.2) is 14.8 Å². The molecule has 2 unspecified atom stereocenters. The maximum absolute atomic E-state index is 13.5. The molecule has 4 aliphatic carbocycles. The van der Waals surface area contributed by atoms with E-state index in [-0.39, 0.29) is 17.0 Å². The molecule has 5 aliphatic rings. The van der Waals surface area contributed by atoms with Crippen LogP contribution in [0.4, 0.5) is 10.9 Å². The number of carboxylic acids is 1. The molecule has 0 radical (unpaired) electrons. The topological polar surface area (TPSA) is 113 Å². The normalized spacial score (nSPS) is 27.0. The van der Waals surface area contributed by atoms with Crippen molar-refractivity contribution < 1.29 is 14.7 Å². The number of para-hydroxylation sites is 1. The molecule has 4 saturated carbocycles. The molecule has 3 aromatic heterocycles. The minimum Gasteiger partial charge on any atom is -0.476 e. The Morgan fingerprint density at radius 1 is 0.980 bits per heavy atom. The molecular formula is C39H40N6O3S. The van der Waals surface area contributed by atoms with Gasteiger partial charge >= 0.3 is 5.97 Å². The number of fused-ring (bicyclic) bond motifs is 2. The quantitative estimate of drug-likeness (QED) is 0.180. The molecule has 4 heterocycles. The number of carboxylic acid groups (broad SMARTS) is 1. The summed E-state index contributed by atoms with van der Waals surface area (Å²) in [6, 6.07) is 17.4. The molecule has 10 heteroatoms. The number of nitrogens with zero attached hydrogens (tertiary/aromatic N) is 5. The van der Waals surface area contributed by atoms with E-state index >= 15 is 0 Å². The van der Waals surface area contributed by atoms with Crippen molar-refractivity contribution in [3.05, 3.63) is 89.4 Å². The molecule has 2 N–H and O–H groups in total. The lowest BCUT2D eigenvalue weighted by molar-refractivity contribution is -0.151. The summed E-state index contributed by atoms with van der Waals surface area (Å²) in [5, 5.41) is 18.6. The lowest BCUT2D eigenvalue weighted by Gasteiger charge is -2.65. The van der Waals surface area contributed by atoms with Crippen LogP contribution < -0.4 is 10.2 Å². The largest absolute Gasteiger partial charge is 0.476 e. The highest BCUT2D eigenvalue weighted by atomic mass is 32.1. The molecule has 1 amide bonds. The summed E-state index contributed by atoms with van der Waals surface area (Å²) < 4.78 is 3.07. The first-order chi connectivity index (χ1) is 23.5. The highest BCUT2D eigenvalue weighted by molar-refractivity contribution is 7.22. The molecule has 10 rings (SSSR count). The van der Waals surface area contributed by atoms with E-state index in [0.29, 0.717) is 46.0 Å². The number of benzene rings is 2. The van der Waals surface area contributed by atoms with Crippen molar-refractivity contribution in [1.82, 2.24) is 19.7 Å². The number of hydrogen-bond acceptors (Lipinski definition) is 7. The number of carbonyl (C=O) groups excluding carboxylic acids is 1. The molecule has 250 valence electrons. The van der Waals surface area contributed by atoms with Gasteiger partial charge in [0.1, 0.15) is 5.82 Å². The van der Waals surface area contributed by atoms with Gasteiger partial charge in [0.05, 0.1) is 16.4 Å². The highest BCUT2D eigenvalue weighted by Gasteiger charge is 2.60. The molecule has 5 aromatic rings. The Kier molecular flexibility index (Phi) is 6.82. The van der Waals surface area contributed by atoms with Gasteiger partial charge in [-0.15, -0.1) is 0 Å². The second-order valence-electron chi connectivity index (χ2n) is 16.0. The van der Waals surface area contributed by atoms with E-state index in [4.69, 9.17) is 10.1 Å². The number of nitrogens with one attached hydrogen (secondary N) is 1. The Morgan fingerprint density at radius 3 is 2.57 bits per heavy atom. The SMILES string of the molecule is CC12CC3CC(C)(C1)CC(Cn1cc(-c4ccc(N5CCc6cccc(C(=O)Nc7nc8ccccc8s7)c6C5)nc4C(=O)O)cn1)(C3)C2. The Hall–Kier alpha value is -4.57. The molecule has 4 bridgehead atoms. The fourth-order valence-corrected chi connectivity index (χ4v) is 11.8. The number of thiazole rings is 1. The molecule has 49 heavy (non-hydrogen) atoms. The Bertz CT molecular complexity index is 2100. The zero-order chi connectivity index (χ0) is 33.5. The van der Waals surface area contributed by atoms with Crippen LogP contribution in [0, 0.1) is 22.2 Å². The number of aromatic carboxylic acids is 1. The van der Waals surface area contributed by atoms with Crippen LogP contribution in [-0.2, 0) is 19.5 Å². The molecule has 1 aliphatic heterocycles. The van der Waals surface area contributed by atoms with Crippen LogP contribution in [0.25, 0.3) is 21.3 Å². The zero-order valence-electron chi connectivity index (χ0n) is 27.9. The Labute approximate surface area is 289 Å². The Balaban J connectivity index is 0.955. The second kappa shape index (κ2) is 11.0. The molecular weight excluding hydrogens is 633 g/mol. The van der Waals surface area contributed by atoms with Gasteiger partial charge in [-0.05, 0) is 109 Å². The molecule has 0 spiro atoms. The predicted octanol–water partition coefficient (Wildman–Crippen LogP) is 8.06.